The van der Waals surface area contributed by atoms with Crippen molar-refractivity contribution in [3.05, 3.63) is 34.6 Å². The van der Waals surface area contributed by atoms with E-state index in [1.165, 1.54) is 11.0 Å². The predicted octanol–water partition coefficient (Wildman–Crippen LogP) is 2.05. The van der Waals surface area contributed by atoms with Gasteiger partial charge >= 0.3 is 0 Å². The third-order valence-electron chi connectivity index (χ3n) is 2.38. The summed E-state index contributed by atoms with van der Waals surface area (Å²) in [6.45, 7) is 0.827. The SMILES string of the molecule is CN(C)C(=O)CCNCc1c(F)cccc1Cl. The van der Waals surface area contributed by atoms with Crippen LogP contribution in [0.3, 0.4) is 0 Å². The summed E-state index contributed by atoms with van der Waals surface area (Å²) in [5.74, 6) is -0.291. The molecule has 1 amide bonds. The van der Waals surface area contributed by atoms with Crippen LogP contribution in [0.15, 0.2) is 18.2 Å². The zero-order chi connectivity index (χ0) is 12.8. The van der Waals surface area contributed by atoms with Gasteiger partial charge in [-0.1, -0.05) is 17.7 Å². The molecule has 0 saturated heterocycles. The van der Waals surface area contributed by atoms with Crippen LogP contribution in [0.5, 0.6) is 0 Å². The van der Waals surface area contributed by atoms with Crippen LogP contribution in [0.25, 0.3) is 0 Å². The molecule has 1 aromatic carbocycles. The zero-order valence-electron chi connectivity index (χ0n) is 9.96. The molecule has 0 saturated carbocycles. The Morgan fingerprint density at radius 1 is 1.47 bits per heavy atom. The van der Waals surface area contributed by atoms with Gasteiger partial charge in [0.15, 0.2) is 0 Å². The topological polar surface area (TPSA) is 32.3 Å². The average Bonchev–Trinajstić information content (AvgIpc) is 2.27. The lowest BCUT2D eigenvalue weighted by atomic mass is 10.2. The second kappa shape index (κ2) is 6.57. The molecule has 17 heavy (non-hydrogen) atoms. The first-order valence-electron chi connectivity index (χ1n) is 5.36. The molecule has 0 aliphatic heterocycles. The Balaban J connectivity index is 2.39. The van der Waals surface area contributed by atoms with E-state index in [4.69, 9.17) is 11.6 Å². The summed E-state index contributed by atoms with van der Waals surface area (Å²) >= 11 is 5.87. The molecule has 0 aliphatic carbocycles. The molecule has 0 atom stereocenters. The maximum atomic E-state index is 13.4. The minimum absolute atomic E-state index is 0.0390. The number of hydrogen-bond donors (Lipinski definition) is 1. The van der Waals surface area contributed by atoms with Gasteiger partial charge in [0.25, 0.3) is 0 Å². The molecule has 94 valence electrons. The first kappa shape index (κ1) is 13.9. The summed E-state index contributed by atoms with van der Waals surface area (Å²) in [5, 5.41) is 3.40. The van der Waals surface area contributed by atoms with Crippen molar-refractivity contribution in [3.63, 3.8) is 0 Å². The van der Waals surface area contributed by atoms with Crippen molar-refractivity contribution in [2.45, 2.75) is 13.0 Å². The van der Waals surface area contributed by atoms with Crippen molar-refractivity contribution in [1.82, 2.24) is 10.2 Å². The lowest BCUT2D eigenvalue weighted by Gasteiger charge is -2.11. The Hall–Kier alpha value is -1.13. The summed E-state index contributed by atoms with van der Waals surface area (Å²) in [6.07, 6.45) is 0.388. The molecule has 1 aromatic rings. The molecule has 0 radical (unpaired) electrons. The quantitative estimate of drug-likeness (QED) is 0.820. The Bertz CT molecular complexity index is 376. The largest absolute Gasteiger partial charge is 0.349 e. The predicted molar refractivity (Wildman–Crippen MR) is 66.4 cm³/mol. The fourth-order valence-corrected chi connectivity index (χ4v) is 1.56. The van der Waals surface area contributed by atoms with Gasteiger partial charge in [0.05, 0.1) is 0 Å². The zero-order valence-corrected chi connectivity index (χ0v) is 10.7. The van der Waals surface area contributed by atoms with E-state index in [0.717, 1.165) is 0 Å². The minimum atomic E-state index is -0.330. The number of carbonyl (C=O) groups excluding carboxylic acids is 1. The fraction of sp³-hybridized carbons (Fsp3) is 0.417. The van der Waals surface area contributed by atoms with E-state index in [0.29, 0.717) is 30.1 Å². The number of nitrogens with one attached hydrogen (secondary N) is 1. The molecule has 0 fully saturated rings. The molecule has 1 rings (SSSR count). The van der Waals surface area contributed by atoms with Crippen LogP contribution in [0, 0.1) is 5.82 Å². The third kappa shape index (κ3) is 4.32. The van der Waals surface area contributed by atoms with Gasteiger partial charge in [-0.2, -0.15) is 0 Å². The molecular weight excluding hydrogens is 243 g/mol. The summed E-state index contributed by atoms with van der Waals surface area (Å²) in [6, 6.07) is 4.58. The van der Waals surface area contributed by atoms with Crippen molar-refractivity contribution in [3.8, 4) is 0 Å². The first-order valence-corrected chi connectivity index (χ1v) is 5.74. The second-order valence-corrected chi connectivity index (χ2v) is 4.32. The van der Waals surface area contributed by atoms with Crippen LogP contribution in [-0.2, 0) is 11.3 Å². The highest BCUT2D eigenvalue weighted by atomic mass is 35.5. The van der Waals surface area contributed by atoms with E-state index < -0.39 is 0 Å². The maximum Gasteiger partial charge on any atom is 0.223 e. The summed E-state index contributed by atoms with van der Waals surface area (Å²) < 4.78 is 13.4. The van der Waals surface area contributed by atoms with E-state index in [1.807, 2.05) is 0 Å². The van der Waals surface area contributed by atoms with Gasteiger partial charge in [-0.25, -0.2) is 4.39 Å². The van der Waals surface area contributed by atoms with E-state index in [1.54, 1.807) is 26.2 Å². The van der Waals surface area contributed by atoms with Crippen molar-refractivity contribution in [1.29, 1.82) is 0 Å². The van der Waals surface area contributed by atoms with Gasteiger partial charge in [-0.05, 0) is 12.1 Å². The molecule has 0 aliphatic rings. The number of amides is 1. The summed E-state index contributed by atoms with van der Waals surface area (Å²) in [4.78, 5) is 12.8. The number of hydrogen-bond acceptors (Lipinski definition) is 2. The Kier molecular flexibility index (Phi) is 5.38. The van der Waals surface area contributed by atoms with Crippen LogP contribution < -0.4 is 5.32 Å². The Morgan fingerprint density at radius 2 is 2.18 bits per heavy atom. The normalized spacial score (nSPS) is 10.4. The van der Waals surface area contributed by atoms with Crippen molar-refractivity contribution < 1.29 is 9.18 Å². The van der Waals surface area contributed by atoms with Crippen molar-refractivity contribution >= 4 is 17.5 Å². The summed E-state index contributed by atoms with van der Waals surface area (Å²) in [7, 11) is 3.41. The van der Waals surface area contributed by atoms with E-state index >= 15 is 0 Å². The molecular formula is C12H16ClFN2O. The number of rotatable bonds is 5. The average molecular weight is 259 g/mol. The highest BCUT2D eigenvalue weighted by molar-refractivity contribution is 6.31. The second-order valence-electron chi connectivity index (χ2n) is 3.92. The van der Waals surface area contributed by atoms with Crippen LogP contribution >= 0.6 is 11.6 Å². The Morgan fingerprint density at radius 3 is 2.76 bits per heavy atom. The van der Waals surface area contributed by atoms with Crippen LogP contribution in [0.4, 0.5) is 4.39 Å². The van der Waals surface area contributed by atoms with Crippen molar-refractivity contribution in [2.75, 3.05) is 20.6 Å². The minimum Gasteiger partial charge on any atom is -0.349 e. The van der Waals surface area contributed by atoms with E-state index in [2.05, 4.69) is 5.32 Å². The molecule has 1 N–H and O–H groups in total. The highest BCUT2D eigenvalue weighted by Crippen LogP contribution is 2.18. The number of halogens is 2. The highest BCUT2D eigenvalue weighted by Gasteiger charge is 2.07. The van der Waals surface area contributed by atoms with Gasteiger partial charge < -0.3 is 10.2 Å². The van der Waals surface area contributed by atoms with Crippen LogP contribution in [0.2, 0.25) is 5.02 Å². The van der Waals surface area contributed by atoms with Gasteiger partial charge in [0.2, 0.25) is 5.91 Å². The lowest BCUT2D eigenvalue weighted by Crippen LogP contribution is -2.26. The van der Waals surface area contributed by atoms with Gasteiger partial charge in [0, 0.05) is 44.2 Å². The lowest BCUT2D eigenvalue weighted by molar-refractivity contribution is -0.128. The van der Waals surface area contributed by atoms with E-state index in [-0.39, 0.29) is 11.7 Å². The standard InChI is InChI=1S/C12H16ClFN2O/c1-16(2)12(17)6-7-15-8-9-10(13)4-3-5-11(9)14/h3-5,15H,6-8H2,1-2H3. The van der Waals surface area contributed by atoms with Crippen LogP contribution in [0.1, 0.15) is 12.0 Å². The monoisotopic (exact) mass is 258 g/mol. The number of carbonyl (C=O) groups is 1. The van der Waals surface area contributed by atoms with Gasteiger partial charge in [0.1, 0.15) is 5.82 Å². The molecule has 0 unspecified atom stereocenters. The van der Waals surface area contributed by atoms with Gasteiger partial charge in [-0.3, -0.25) is 4.79 Å². The van der Waals surface area contributed by atoms with Crippen LogP contribution in [-0.4, -0.2) is 31.4 Å². The number of benzene rings is 1. The molecule has 0 heterocycles. The molecule has 3 nitrogen and oxygen atoms in total. The third-order valence-corrected chi connectivity index (χ3v) is 2.73. The van der Waals surface area contributed by atoms with Crippen molar-refractivity contribution in [2.24, 2.45) is 0 Å². The number of nitrogens with zero attached hydrogens (tertiary/aromatic N) is 1. The van der Waals surface area contributed by atoms with Gasteiger partial charge in [-0.15, -0.1) is 0 Å². The molecule has 0 bridgehead atoms. The fourth-order valence-electron chi connectivity index (χ4n) is 1.33. The molecule has 0 aromatic heterocycles. The summed E-state index contributed by atoms with van der Waals surface area (Å²) in [5.41, 5.74) is 0.437. The maximum absolute atomic E-state index is 13.4. The smallest absolute Gasteiger partial charge is 0.223 e. The Labute approximate surface area is 106 Å². The molecule has 0 spiro atoms. The first-order chi connectivity index (χ1) is 8.02. The molecule has 5 heteroatoms. The van der Waals surface area contributed by atoms with E-state index in [9.17, 15) is 9.18 Å².